The molecule has 2 aromatic rings. The molecule has 0 aromatic carbocycles. The van der Waals surface area contributed by atoms with Gasteiger partial charge in [0.2, 0.25) is 0 Å². The van der Waals surface area contributed by atoms with Gasteiger partial charge in [0, 0.05) is 25.4 Å². The zero-order valence-electron chi connectivity index (χ0n) is 11.1. The van der Waals surface area contributed by atoms with Gasteiger partial charge < -0.3 is 9.30 Å². The van der Waals surface area contributed by atoms with Crippen molar-refractivity contribution in [2.75, 3.05) is 6.61 Å². The lowest BCUT2D eigenvalue weighted by molar-refractivity contribution is 0.0958. The van der Waals surface area contributed by atoms with Crippen LogP contribution in [0.3, 0.4) is 0 Å². The molecular formula is C13H17N3O3. The first-order valence-electron chi connectivity index (χ1n) is 6.48. The Bertz CT molecular complexity index is 732. The minimum absolute atomic E-state index is 0.0802. The first-order chi connectivity index (χ1) is 9.08. The van der Waals surface area contributed by atoms with Gasteiger partial charge in [-0.25, -0.2) is 0 Å². The minimum Gasteiger partial charge on any atom is -0.376 e. The molecule has 1 fully saturated rings. The molecule has 0 bridgehead atoms. The van der Waals surface area contributed by atoms with Crippen molar-refractivity contribution in [1.29, 1.82) is 0 Å². The Hall–Kier alpha value is -1.82. The molecule has 1 N–H and O–H groups in total. The Morgan fingerprint density at radius 1 is 1.47 bits per heavy atom. The average molecular weight is 263 g/mol. The highest BCUT2D eigenvalue weighted by Gasteiger charge is 2.19. The first kappa shape index (κ1) is 12.2. The molecule has 1 atom stereocenters. The number of nitrogens with one attached hydrogen (secondary N) is 1. The molecule has 102 valence electrons. The van der Waals surface area contributed by atoms with Crippen LogP contribution in [0.25, 0.3) is 10.9 Å². The standard InChI is InChI=1S/C13H17N3O3/c1-8-12-10(14-15(2)13(12)18)6-11(17)16(8)7-9-4-3-5-19-9/h6,9,14H,3-5,7H2,1-2H3. The quantitative estimate of drug-likeness (QED) is 0.858. The van der Waals surface area contributed by atoms with E-state index < -0.39 is 0 Å². The van der Waals surface area contributed by atoms with Gasteiger partial charge >= 0.3 is 0 Å². The lowest BCUT2D eigenvalue weighted by Gasteiger charge is -2.14. The third-order valence-electron chi connectivity index (χ3n) is 3.79. The molecule has 1 saturated heterocycles. The molecule has 0 saturated carbocycles. The van der Waals surface area contributed by atoms with Crippen LogP contribution in [0.15, 0.2) is 15.7 Å². The molecule has 1 aliphatic heterocycles. The molecule has 0 aliphatic carbocycles. The molecule has 1 aliphatic rings. The molecule has 6 heteroatoms. The summed E-state index contributed by atoms with van der Waals surface area (Å²) in [6.07, 6.45) is 2.08. The number of hydrogen-bond donors (Lipinski definition) is 1. The number of ether oxygens (including phenoxy) is 1. The van der Waals surface area contributed by atoms with Crippen molar-refractivity contribution in [3.8, 4) is 0 Å². The normalized spacial score (nSPS) is 19.4. The predicted molar refractivity (Wildman–Crippen MR) is 71.5 cm³/mol. The lowest BCUT2D eigenvalue weighted by atomic mass is 10.2. The molecule has 3 rings (SSSR count). The zero-order valence-corrected chi connectivity index (χ0v) is 11.1. The summed E-state index contributed by atoms with van der Waals surface area (Å²) in [6.45, 7) is 3.09. The van der Waals surface area contributed by atoms with E-state index in [-0.39, 0.29) is 17.2 Å². The third-order valence-corrected chi connectivity index (χ3v) is 3.79. The molecule has 19 heavy (non-hydrogen) atoms. The van der Waals surface area contributed by atoms with Gasteiger partial charge in [0.1, 0.15) is 0 Å². The monoisotopic (exact) mass is 263 g/mol. The number of pyridine rings is 1. The Kier molecular flexibility index (Phi) is 2.82. The fourth-order valence-corrected chi connectivity index (χ4v) is 2.74. The molecule has 0 radical (unpaired) electrons. The number of H-pyrrole nitrogens is 1. The maximum atomic E-state index is 12.1. The highest BCUT2D eigenvalue weighted by molar-refractivity contribution is 5.79. The van der Waals surface area contributed by atoms with Crippen LogP contribution < -0.4 is 11.1 Å². The Morgan fingerprint density at radius 3 is 2.95 bits per heavy atom. The Balaban J connectivity index is 2.15. The van der Waals surface area contributed by atoms with Crippen molar-refractivity contribution in [3.05, 3.63) is 32.5 Å². The number of hydrogen-bond acceptors (Lipinski definition) is 3. The van der Waals surface area contributed by atoms with Crippen molar-refractivity contribution in [2.24, 2.45) is 7.05 Å². The van der Waals surface area contributed by atoms with Crippen molar-refractivity contribution in [3.63, 3.8) is 0 Å². The molecule has 2 aromatic heterocycles. The van der Waals surface area contributed by atoms with Crippen LogP contribution in [0.2, 0.25) is 0 Å². The number of aryl methyl sites for hydroxylation is 2. The summed E-state index contributed by atoms with van der Waals surface area (Å²) in [5, 5.41) is 3.47. The van der Waals surface area contributed by atoms with Crippen molar-refractivity contribution >= 4 is 10.9 Å². The van der Waals surface area contributed by atoms with Crippen molar-refractivity contribution in [1.82, 2.24) is 14.3 Å². The van der Waals surface area contributed by atoms with Crippen LogP contribution in [0, 0.1) is 6.92 Å². The summed E-state index contributed by atoms with van der Waals surface area (Å²) in [6, 6.07) is 1.48. The SMILES string of the molecule is Cc1c2c(=O)n(C)[nH]c2cc(=O)n1CC1CCCO1. The van der Waals surface area contributed by atoms with Gasteiger partial charge in [-0.05, 0) is 19.8 Å². The maximum absolute atomic E-state index is 12.1. The number of rotatable bonds is 2. The molecule has 1 unspecified atom stereocenters. The summed E-state index contributed by atoms with van der Waals surface area (Å²) in [4.78, 5) is 24.2. The maximum Gasteiger partial charge on any atom is 0.275 e. The van der Waals surface area contributed by atoms with Crippen LogP contribution in [0.4, 0.5) is 0 Å². The summed E-state index contributed by atoms with van der Waals surface area (Å²) in [5.41, 5.74) is 1.11. The second-order valence-corrected chi connectivity index (χ2v) is 5.08. The summed E-state index contributed by atoms with van der Waals surface area (Å²) < 4.78 is 8.61. The molecular weight excluding hydrogens is 246 g/mol. The van der Waals surface area contributed by atoms with Gasteiger partial charge in [0.25, 0.3) is 11.1 Å². The van der Waals surface area contributed by atoms with E-state index >= 15 is 0 Å². The zero-order chi connectivity index (χ0) is 13.6. The fraction of sp³-hybridized carbons (Fsp3) is 0.538. The van der Waals surface area contributed by atoms with E-state index in [0.717, 1.165) is 19.4 Å². The van der Waals surface area contributed by atoms with E-state index in [1.54, 1.807) is 11.6 Å². The Labute approximate surface area is 109 Å². The number of aromatic nitrogens is 3. The van der Waals surface area contributed by atoms with Gasteiger partial charge in [-0.2, -0.15) is 0 Å². The largest absolute Gasteiger partial charge is 0.376 e. The van der Waals surface area contributed by atoms with Crippen LogP contribution >= 0.6 is 0 Å². The summed E-state index contributed by atoms with van der Waals surface area (Å²) in [5.74, 6) is 0. The van der Waals surface area contributed by atoms with Gasteiger partial charge in [-0.3, -0.25) is 19.4 Å². The van der Waals surface area contributed by atoms with Gasteiger partial charge in [0.05, 0.1) is 23.6 Å². The highest BCUT2D eigenvalue weighted by atomic mass is 16.5. The van der Waals surface area contributed by atoms with Crippen LogP contribution in [0.1, 0.15) is 18.5 Å². The van der Waals surface area contributed by atoms with Gasteiger partial charge in [-0.15, -0.1) is 0 Å². The number of fused-ring (bicyclic) bond motifs is 1. The number of nitrogens with zero attached hydrogens (tertiary/aromatic N) is 2. The van der Waals surface area contributed by atoms with Crippen molar-refractivity contribution < 1.29 is 4.74 Å². The second kappa shape index (κ2) is 4.38. The Morgan fingerprint density at radius 2 is 2.26 bits per heavy atom. The van der Waals surface area contributed by atoms with E-state index in [4.69, 9.17) is 4.74 Å². The summed E-state index contributed by atoms with van der Waals surface area (Å²) in [7, 11) is 1.65. The molecule has 0 spiro atoms. The predicted octanol–water partition coefficient (Wildman–Crippen LogP) is 0.516. The molecule has 3 heterocycles. The van der Waals surface area contributed by atoms with Crippen LogP contribution in [-0.2, 0) is 18.3 Å². The summed E-state index contributed by atoms with van der Waals surface area (Å²) >= 11 is 0. The van der Waals surface area contributed by atoms with Gasteiger partial charge in [-0.1, -0.05) is 0 Å². The topological polar surface area (TPSA) is 69.0 Å². The third kappa shape index (κ3) is 1.92. The number of aromatic amines is 1. The second-order valence-electron chi connectivity index (χ2n) is 5.08. The van der Waals surface area contributed by atoms with Crippen LogP contribution in [-0.4, -0.2) is 27.1 Å². The minimum atomic E-state index is -0.103. The van der Waals surface area contributed by atoms with Gasteiger partial charge in [0.15, 0.2) is 0 Å². The van der Waals surface area contributed by atoms with Crippen molar-refractivity contribution in [2.45, 2.75) is 32.4 Å². The smallest absolute Gasteiger partial charge is 0.275 e. The molecule has 6 nitrogen and oxygen atoms in total. The average Bonchev–Trinajstić information content (AvgIpc) is 2.95. The van der Waals surface area contributed by atoms with E-state index in [0.29, 0.717) is 23.1 Å². The first-order valence-corrected chi connectivity index (χ1v) is 6.48. The lowest BCUT2D eigenvalue weighted by Crippen LogP contribution is -2.28. The van der Waals surface area contributed by atoms with E-state index in [1.807, 2.05) is 6.92 Å². The molecule has 0 amide bonds. The van der Waals surface area contributed by atoms with E-state index in [2.05, 4.69) is 5.10 Å². The van der Waals surface area contributed by atoms with E-state index in [9.17, 15) is 9.59 Å². The fourth-order valence-electron chi connectivity index (χ4n) is 2.74. The van der Waals surface area contributed by atoms with E-state index in [1.165, 1.54) is 10.7 Å². The van der Waals surface area contributed by atoms with Crippen LogP contribution in [0.5, 0.6) is 0 Å². The highest BCUT2D eigenvalue weighted by Crippen LogP contribution is 2.16.